The Balaban J connectivity index is 2.79. The third kappa shape index (κ3) is 2.67. The minimum Gasteiger partial charge on any atom is -0.302 e. The topological polar surface area (TPSA) is 40.9 Å². The van der Waals surface area contributed by atoms with Gasteiger partial charge in [-0.3, -0.25) is 0 Å². The molecule has 1 atom stereocenters. The molecule has 0 aromatic heterocycles. The molecule has 13 heavy (non-hydrogen) atoms. The highest BCUT2D eigenvalue weighted by atomic mass is 16.1. The Morgan fingerprint density at radius 3 is 2.62 bits per heavy atom. The first-order valence-electron chi connectivity index (χ1n) is 4.36. The van der Waals surface area contributed by atoms with Crippen LogP contribution < -0.4 is 5.73 Å². The van der Waals surface area contributed by atoms with Gasteiger partial charge in [-0.25, -0.2) is 5.73 Å². The minimum atomic E-state index is -0.623. The van der Waals surface area contributed by atoms with Crippen molar-refractivity contribution in [1.29, 1.82) is 0 Å². The fourth-order valence-electron chi connectivity index (χ4n) is 1.23. The van der Waals surface area contributed by atoms with Gasteiger partial charge < -0.3 is 4.79 Å². The molecule has 69 valence electrons. The van der Waals surface area contributed by atoms with E-state index in [4.69, 9.17) is 5.73 Å². The highest BCUT2D eigenvalue weighted by Gasteiger charge is 2.03. The molecule has 1 aromatic carbocycles. The number of rotatable bonds is 3. The van der Waals surface area contributed by atoms with Crippen LogP contribution in [0.1, 0.15) is 16.7 Å². The fraction of sp³-hybridized carbons (Fsp3) is 0.364. The number of benzene rings is 1. The molecule has 1 N–H and O–H groups in total. The monoisotopic (exact) mass is 176 g/mol. The molecule has 0 saturated heterocycles. The maximum atomic E-state index is 10.3. The van der Waals surface area contributed by atoms with Crippen molar-refractivity contribution < 1.29 is 4.79 Å². The summed E-state index contributed by atoms with van der Waals surface area (Å²) in [5, 5.41) is 0. The average molecular weight is 176 g/mol. The van der Waals surface area contributed by atoms with Gasteiger partial charge in [0.1, 0.15) is 6.29 Å². The first-order chi connectivity index (χ1) is 6.13. The summed E-state index contributed by atoms with van der Waals surface area (Å²) in [6.07, 6.45) is 1.19. The van der Waals surface area contributed by atoms with Crippen LogP contribution in [0.2, 0.25) is 0 Å². The van der Waals surface area contributed by atoms with Crippen LogP contribution in [0.25, 0.3) is 0 Å². The van der Waals surface area contributed by atoms with Crippen LogP contribution in [0.3, 0.4) is 0 Å². The number of hydrogen-bond donors (Lipinski definition) is 0. The van der Waals surface area contributed by atoms with Crippen molar-refractivity contribution in [1.82, 2.24) is 5.73 Å². The second kappa shape index (κ2) is 4.19. The summed E-state index contributed by atoms with van der Waals surface area (Å²) < 4.78 is 0. The van der Waals surface area contributed by atoms with Gasteiger partial charge in [0.15, 0.2) is 0 Å². The van der Waals surface area contributed by atoms with Gasteiger partial charge in [-0.05, 0) is 37.0 Å². The van der Waals surface area contributed by atoms with Crippen molar-refractivity contribution in [3.63, 3.8) is 0 Å². The predicted molar refractivity (Wildman–Crippen MR) is 52.6 cm³/mol. The number of carbonyl (C=O) groups is 1. The number of aldehydes is 1. The predicted octanol–water partition coefficient (Wildman–Crippen LogP) is 1.70. The molecule has 0 fully saturated rings. The Morgan fingerprint density at radius 1 is 1.38 bits per heavy atom. The van der Waals surface area contributed by atoms with Crippen molar-refractivity contribution in [2.45, 2.75) is 26.3 Å². The summed E-state index contributed by atoms with van der Waals surface area (Å²) >= 11 is 0. The Hall–Kier alpha value is -1.15. The van der Waals surface area contributed by atoms with Crippen LogP contribution in [-0.2, 0) is 11.2 Å². The van der Waals surface area contributed by atoms with Crippen LogP contribution in [0.15, 0.2) is 18.2 Å². The molecule has 0 aliphatic carbocycles. The largest absolute Gasteiger partial charge is 0.302 e. The number of hydrogen-bond acceptors (Lipinski definition) is 1. The van der Waals surface area contributed by atoms with E-state index in [0.717, 1.165) is 5.56 Å². The van der Waals surface area contributed by atoms with E-state index in [0.29, 0.717) is 12.7 Å². The molecule has 0 saturated carbocycles. The molecule has 0 amide bonds. The molecule has 0 heterocycles. The lowest BCUT2D eigenvalue weighted by Gasteiger charge is -2.06. The van der Waals surface area contributed by atoms with Gasteiger partial charge in [0.25, 0.3) is 0 Å². The molecule has 1 radical (unpaired) electrons. The average Bonchev–Trinajstić information content (AvgIpc) is 2.11. The molecule has 2 nitrogen and oxygen atoms in total. The van der Waals surface area contributed by atoms with Crippen molar-refractivity contribution in [2.24, 2.45) is 0 Å². The molecule has 0 spiro atoms. The molecular formula is C11H14NO. The van der Waals surface area contributed by atoms with Crippen LogP contribution in [0, 0.1) is 13.8 Å². The molecule has 0 bridgehead atoms. The number of carbonyl (C=O) groups excluding carboxylic acids is 1. The maximum Gasteiger partial charge on any atom is 0.138 e. The second-order valence-corrected chi connectivity index (χ2v) is 3.37. The summed E-state index contributed by atoms with van der Waals surface area (Å²) in [6, 6.07) is 5.43. The lowest BCUT2D eigenvalue weighted by Crippen LogP contribution is -2.13. The van der Waals surface area contributed by atoms with E-state index in [1.807, 2.05) is 25.1 Å². The zero-order valence-corrected chi connectivity index (χ0v) is 8.00. The summed E-state index contributed by atoms with van der Waals surface area (Å²) in [5.74, 6) is 0. The standard InChI is InChI=1S/C11H14NO/c1-8-3-4-10(5-9(8)2)6-11(12)7-13/h3-5,7,11-12H,6H2,1-2H3. The van der Waals surface area contributed by atoms with Crippen LogP contribution in [0.5, 0.6) is 0 Å². The number of nitrogens with one attached hydrogen (secondary N) is 1. The zero-order valence-electron chi connectivity index (χ0n) is 8.00. The molecule has 1 aromatic rings. The Kier molecular flexibility index (Phi) is 3.20. The van der Waals surface area contributed by atoms with E-state index < -0.39 is 6.04 Å². The smallest absolute Gasteiger partial charge is 0.138 e. The van der Waals surface area contributed by atoms with Gasteiger partial charge in [0, 0.05) is 0 Å². The van der Waals surface area contributed by atoms with Gasteiger partial charge in [0.2, 0.25) is 0 Å². The lowest BCUT2D eigenvalue weighted by atomic mass is 10.0. The maximum absolute atomic E-state index is 10.3. The fourth-order valence-corrected chi connectivity index (χ4v) is 1.23. The normalized spacial score (nSPS) is 12.5. The van der Waals surface area contributed by atoms with Gasteiger partial charge >= 0.3 is 0 Å². The van der Waals surface area contributed by atoms with Crippen LogP contribution in [-0.4, -0.2) is 12.3 Å². The van der Waals surface area contributed by atoms with Gasteiger partial charge in [-0.2, -0.15) is 0 Å². The molecule has 2 heteroatoms. The van der Waals surface area contributed by atoms with Gasteiger partial charge in [-0.1, -0.05) is 18.2 Å². The van der Waals surface area contributed by atoms with E-state index in [1.165, 1.54) is 11.1 Å². The summed E-state index contributed by atoms with van der Waals surface area (Å²) in [4.78, 5) is 10.3. The third-order valence-electron chi connectivity index (χ3n) is 2.19. The minimum absolute atomic E-state index is 0.518. The molecule has 0 aliphatic rings. The van der Waals surface area contributed by atoms with Crippen molar-refractivity contribution in [3.8, 4) is 0 Å². The summed E-state index contributed by atoms with van der Waals surface area (Å²) in [5.41, 5.74) is 10.8. The van der Waals surface area contributed by atoms with E-state index in [-0.39, 0.29) is 0 Å². The summed E-state index contributed by atoms with van der Waals surface area (Å²) in [6.45, 7) is 4.09. The quantitative estimate of drug-likeness (QED) is 0.646. The van der Waals surface area contributed by atoms with E-state index in [1.54, 1.807) is 0 Å². The van der Waals surface area contributed by atoms with Crippen molar-refractivity contribution in [2.75, 3.05) is 0 Å². The molecule has 1 rings (SSSR count). The van der Waals surface area contributed by atoms with Crippen molar-refractivity contribution in [3.05, 3.63) is 34.9 Å². The zero-order chi connectivity index (χ0) is 9.84. The first-order valence-corrected chi connectivity index (χ1v) is 4.36. The van der Waals surface area contributed by atoms with Crippen LogP contribution in [0.4, 0.5) is 0 Å². The summed E-state index contributed by atoms with van der Waals surface area (Å²) in [7, 11) is 0. The Morgan fingerprint density at radius 2 is 2.08 bits per heavy atom. The first kappa shape index (κ1) is 9.93. The SMILES string of the molecule is Cc1ccc(CC([NH])C=O)cc1C. The van der Waals surface area contributed by atoms with Gasteiger partial charge in [0.05, 0.1) is 6.04 Å². The van der Waals surface area contributed by atoms with E-state index in [9.17, 15) is 4.79 Å². The molecular weight excluding hydrogens is 162 g/mol. The second-order valence-electron chi connectivity index (χ2n) is 3.37. The lowest BCUT2D eigenvalue weighted by molar-refractivity contribution is -0.109. The molecule has 0 aliphatic heterocycles. The molecule has 1 unspecified atom stereocenters. The highest BCUT2D eigenvalue weighted by molar-refractivity contribution is 5.57. The Bertz CT molecular complexity index is 307. The van der Waals surface area contributed by atoms with Crippen molar-refractivity contribution >= 4 is 6.29 Å². The van der Waals surface area contributed by atoms with E-state index in [2.05, 4.69) is 6.92 Å². The van der Waals surface area contributed by atoms with Gasteiger partial charge in [-0.15, -0.1) is 0 Å². The number of aryl methyl sites for hydroxylation is 2. The highest BCUT2D eigenvalue weighted by Crippen LogP contribution is 2.10. The third-order valence-corrected chi connectivity index (χ3v) is 2.19. The van der Waals surface area contributed by atoms with Crippen LogP contribution >= 0.6 is 0 Å². The van der Waals surface area contributed by atoms with E-state index >= 15 is 0 Å². The Labute approximate surface area is 78.8 Å².